The quantitative estimate of drug-likeness (QED) is 0.213. The Labute approximate surface area is 286 Å². The summed E-state index contributed by atoms with van der Waals surface area (Å²) in [4.78, 5) is 13.9. The van der Waals surface area contributed by atoms with Gasteiger partial charge in [-0.3, -0.25) is 4.79 Å². The van der Waals surface area contributed by atoms with Gasteiger partial charge in [-0.15, -0.1) is 0 Å². The third-order valence-corrected chi connectivity index (χ3v) is 11.1. The highest BCUT2D eigenvalue weighted by molar-refractivity contribution is 5.73. The second kappa shape index (κ2) is 17.0. The number of carbonyl (C=O) groups is 1. The number of esters is 1. The maximum absolute atomic E-state index is 13.9. The summed E-state index contributed by atoms with van der Waals surface area (Å²) in [5.41, 5.74) is -4.06. The molecule has 0 bridgehead atoms. The second-order valence-electron chi connectivity index (χ2n) is 15.4. The van der Waals surface area contributed by atoms with Gasteiger partial charge in [-0.1, -0.05) is 13.8 Å². The van der Waals surface area contributed by atoms with E-state index in [0.29, 0.717) is 19.4 Å². The highest BCUT2D eigenvalue weighted by Crippen LogP contribution is 2.39. The van der Waals surface area contributed by atoms with Gasteiger partial charge < -0.3 is 59.3 Å². The molecule has 3 aliphatic rings. The third-order valence-electron chi connectivity index (χ3n) is 11.1. The topological polar surface area (TPSA) is 186 Å². The van der Waals surface area contributed by atoms with Crippen molar-refractivity contribution in [1.82, 2.24) is 5.32 Å². The molecule has 0 saturated carbocycles. The Morgan fingerprint density at radius 3 is 2.25 bits per heavy atom. The Hall–Kier alpha value is -0.970. The molecule has 0 spiro atoms. The lowest BCUT2D eigenvalue weighted by molar-refractivity contribution is -0.299. The van der Waals surface area contributed by atoms with Gasteiger partial charge in [0.1, 0.15) is 23.9 Å². The summed E-state index contributed by atoms with van der Waals surface area (Å²) in [6.07, 6.45) is -5.73. The minimum Gasteiger partial charge on any atom is -0.459 e. The molecule has 6 N–H and O–H groups in total. The molecule has 3 saturated heterocycles. The molecule has 48 heavy (non-hydrogen) atoms. The molecule has 0 aromatic heterocycles. The van der Waals surface area contributed by atoms with E-state index in [1.54, 1.807) is 34.8 Å². The van der Waals surface area contributed by atoms with E-state index in [4.69, 9.17) is 28.4 Å². The molecule has 1 unspecified atom stereocenters. The van der Waals surface area contributed by atoms with Crippen LogP contribution in [-0.4, -0.2) is 130 Å². The maximum Gasteiger partial charge on any atom is 0.311 e. The Balaban J connectivity index is 2.06. The number of carbonyl (C=O) groups excluding carboxylic acids is 1. The maximum atomic E-state index is 13.9. The highest BCUT2D eigenvalue weighted by Gasteiger charge is 2.50. The van der Waals surface area contributed by atoms with Crippen molar-refractivity contribution >= 4 is 5.97 Å². The fourth-order valence-corrected chi connectivity index (χ4v) is 7.59. The summed E-state index contributed by atoms with van der Waals surface area (Å²) in [6, 6.07) is -0.568. The molecule has 3 rings (SSSR count). The average Bonchev–Trinajstić information content (AvgIpc) is 3.01. The number of hydrogen-bond acceptors (Lipinski definition) is 13. The van der Waals surface area contributed by atoms with Crippen LogP contribution in [0.2, 0.25) is 0 Å². The number of hydrogen-bond donors (Lipinski definition) is 6. The van der Waals surface area contributed by atoms with Gasteiger partial charge in [-0.25, -0.2) is 0 Å². The molecule has 0 radical (unpaired) electrons. The van der Waals surface area contributed by atoms with Gasteiger partial charge in [0.05, 0.1) is 48.1 Å². The molecule has 0 amide bonds. The minimum atomic E-state index is -1.78. The van der Waals surface area contributed by atoms with Crippen molar-refractivity contribution in [1.29, 1.82) is 0 Å². The first-order chi connectivity index (χ1) is 22.3. The van der Waals surface area contributed by atoms with Crippen LogP contribution in [0.15, 0.2) is 0 Å². The van der Waals surface area contributed by atoms with Gasteiger partial charge in [0, 0.05) is 31.9 Å². The lowest BCUT2D eigenvalue weighted by Gasteiger charge is -2.47. The molecule has 3 heterocycles. The first-order valence-corrected chi connectivity index (χ1v) is 17.8. The van der Waals surface area contributed by atoms with Gasteiger partial charge in [-0.2, -0.15) is 0 Å². The van der Waals surface area contributed by atoms with Crippen LogP contribution in [-0.2, 0) is 33.2 Å². The van der Waals surface area contributed by atoms with Crippen LogP contribution >= 0.6 is 0 Å². The Bertz CT molecular complexity index is 1010. The molecule has 13 heteroatoms. The second-order valence-corrected chi connectivity index (χ2v) is 15.4. The summed E-state index contributed by atoms with van der Waals surface area (Å²) in [7, 11) is 1.57. The SMILES string of the molecule is CC[C@H]1OC(=O)[C@H](C)[C@@H](O[C@H]2C[C@@](C)(OC)C(CO)[C@H](C)O2)C[C@@H](O[C@@H]2O[C@H](C)CC[C@H]2O)[C@](C)(O)C[C@@H](C)CN[C@H](C)[C@@H](O)[C@]1(C)O. The van der Waals surface area contributed by atoms with E-state index in [1.165, 1.54) is 6.92 Å². The first-order valence-electron chi connectivity index (χ1n) is 17.8. The number of aliphatic hydroxyl groups is 5. The van der Waals surface area contributed by atoms with Gasteiger partial charge in [0.15, 0.2) is 12.6 Å². The monoisotopic (exact) mass is 691 g/mol. The standard InChI is InChI=1S/C35H65NO12/c1-11-27-35(9,42)30(39)22(5)36-17-19(2)15-33(7,41)28(48-32-25(38)13-12-20(3)44-32)14-26(21(4)31(40)47-27)46-29-16-34(8,43-10)24(18-37)23(6)45-29/h19-30,32,36-39,41-42H,11-18H2,1-10H3/t19-,20-,21-,22-,23+,24?,25-,26+,27-,28-,29+,30-,32+,33-,34-,35-/m1/s1. The van der Waals surface area contributed by atoms with E-state index < -0.39 is 83.9 Å². The Kier molecular flexibility index (Phi) is 14.7. The summed E-state index contributed by atoms with van der Waals surface area (Å²) >= 11 is 0. The van der Waals surface area contributed by atoms with E-state index in [0.717, 1.165) is 0 Å². The van der Waals surface area contributed by atoms with Crippen LogP contribution in [0.4, 0.5) is 0 Å². The van der Waals surface area contributed by atoms with Crippen LogP contribution in [0.5, 0.6) is 0 Å². The molecule has 3 aliphatic heterocycles. The predicted molar refractivity (Wildman–Crippen MR) is 177 cm³/mol. The summed E-state index contributed by atoms with van der Waals surface area (Å²) < 4.78 is 37.0. The summed E-state index contributed by atoms with van der Waals surface area (Å²) in [5, 5.41) is 59.0. The van der Waals surface area contributed by atoms with E-state index >= 15 is 0 Å². The Morgan fingerprint density at radius 2 is 1.65 bits per heavy atom. The zero-order chi connectivity index (χ0) is 36.2. The van der Waals surface area contributed by atoms with Gasteiger partial charge in [0.25, 0.3) is 0 Å². The number of methoxy groups -OCH3 is 1. The number of ether oxygens (including phenoxy) is 6. The van der Waals surface area contributed by atoms with Crippen LogP contribution in [0, 0.1) is 17.8 Å². The van der Waals surface area contributed by atoms with Crippen molar-refractivity contribution in [2.75, 3.05) is 20.3 Å². The van der Waals surface area contributed by atoms with Crippen molar-refractivity contribution in [2.45, 2.75) is 179 Å². The molecule has 282 valence electrons. The molecule has 0 aromatic carbocycles. The van der Waals surface area contributed by atoms with Crippen molar-refractivity contribution < 1.29 is 58.7 Å². The fraction of sp³-hybridized carbons (Fsp3) is 0.971. The fourth-order valence-electron chi connectivity index (χ4n) is 7.59. The van der Waals surface area contributed by atoms with Crippen LogP contribution < -0.4 is 5.32 Å². The molecular formula is C35H65NO12. The lowest BCUT2D eigenvalue weighted by Crippen LogP contribution is -2.58. The third kappa shape index (κ3) is 9.87. The first kappa shape index (κ1) is 41.5. The number of rotatable bonds is 7. The number of nitrogens with one attached hydrogen (secondary N) is 1. The lowest BCUT2D eigenvalue weighted by atomic mass is 9.80. The minimum absolute atomic E-state index is 0.00203. The molecule has 3 fully saturated rings. The summed E-state index contributed by atoms with van der Waals surface area (Å²) in [5.74, 6) is -2.07. The van der Waals surface area contributed by atoms with Crippen LogP contribution in [0.3, 0.4) is 0 Å². The molecule has 16 atom stereocenters. The predicted octanol–water partition coefficient (Wildman–Crippen LogP) is 2.02. The van der Waals surface area contributed by atoms with Crippen molar-refractivity contribution in [2.24, 2.45) is 17.8 Å². The smallest absolute Gasteiger partial charge is 0.311 e. The number of cyclic esters (lactones) is 1. The zero-order valence-electron chi connectivity index (χ0n) is 30.8. The summed E-state index contributed by atoms with van der Waals surface area (Å²) in [6.45, 7) is 16.1. The molecule has 13 nitrogen and oxygen atoms in total. The van der Waals surface area contributed by atoms with E-state index in [2.05, 4.69) is 5.32 Å². The number of aliphatic hydroxyl groups excluding tert-OH is 3. The Morgan fingerprint density at radius 1 is 0.979 bits per heavy atom. The van der Waals surface area contributed by atoms with E-state index in [1.807, 2.05) is 27.7 Å². The van der Waals surface area contributed by atoms with Crippen molar-refractivity contribution in [3.8, 4) is 0 Å². The zero-order valence-corrected chi connectivity index (χ0v) is 30.8. The van der Waals surface area contributed by atoms with Crippen molar-refractivity contribution in [3.05, 3.63) is 0 Å². The highest BCUT2D eigenvalue weighted by atomic mass is 16.7. The van der Waals surface area contributed by atoms with Crippen LogP contribution in [0.25, 0.3) is 0 Å². The van der Waals surface area contributed by atoms with Gasteiger partial charge in [-0.05, 0) is 86.6 Å². The molecule has 0 aliphatic carbocycles. The van der Waals surface area contributed by atoms with E-state index in [9.17, 15) is 30.3 Å². The molecular weight excluding hydrogens is 626 g/mol. The van der Waals surface area contributed by atoms with Gasteiger partial charge >= 0.3 is 5.97 Å². The van der Waals surface area contributed by atoms with Crippen LogP contribution in [0.1, 0.15) is 101 Å². The largest absolute Gasteiger partial charge is 0.459 e. The van der Waals surface area contributed by atoms with E-state index in [-0.39, 0.29) is 50.2 Å². The normalized spacial score (nSPS) is 49.1. The van der Waals surface area contributed by atoms with Crippen molar-refractivity contribution in [3.63, 3.8) is 0 Å². The molecule has 0 aromatic rings. The average molecular weight is 692 g/mol. The van der Waals surface area contributed by atoms with Gasteiger partial charge in [0.2, 0.25) is 0 Å².